The molecule has 21 heavy (non-hydrogen) atoms. The van der Waals surface area contributed by atoms with Crippen molar-refractivity contribution in [3.05, 3.63) is 29.6 Å². The molecule has 0 aliphatic heterocycles. The van der Waals surface area contributed by atoms with Gasteiger partial charge in [0.1, 0.15) is 5.82 Å². The van der Waals surface area contributed by atoms with Crippen molar-refractivity contribution in [3.8, 4) is 0 Å². The average Bonchev–Trinajstić information content (AvgIpc) is 2.36. The Morgan fingerprint density at radius 2 is 2.00 bits per heavy atom. The highest BCUT2D eigenvalue weighted by Crippen LogP contribution is 2.18. The molecule has 0 radical (unpaired) electrons. The highest BCUT2D eigenvalue weighted by molar-refractivity contribution is 8.13. The maximum Gasteiger partial charge on any atom is 0.261 e. The van der Waals surface area contributed by atoms with Crippen molar-refractivity contribution in [2.24, 2.45) is 5.92 Å². The standard InChI is InChI=1S/C14H19ClFNO3S/c1-10(2)5-3-4-8-17-14(18)12-7-6-11(9-13(12)16)21(15,19)20/h6-7,9-10H,3-5,8H2,1-2H3,(H,17,18). The molecule has 1 amide bonds. The van der Waals surface area contributed by atoms with Gasteiger partial charge in [-0.3, -0.25) is 4.79 Å². The molecule has 1 aromatic carbocycles. The zero-order chi connectivity index (χ0) is 16.0. The number of amides is 1. The highest BCUT2D eigenvalue weighted by Gasteiger charge is 2.16. The van der Waals surface area contributed by atoms with Crippen molar-refractivity contribution in [3.63, 3.8) is 0 Å². The number of rotatable bonds is 7. The van der Waals surface area contributed by atoms with Crippen molar-refractivity contribution in [1.82, 2.24) is 5.32 Å². The zero-order valence-electron chi connectivity index (χ0n) is 12.0. The number of nitrogens with one attached hydrogen (secondary N) is 1. The Kier molecular flexibility index (Phi) is 6.61. The first-order valence-electron chi connectivity index (χ1n) is 6.74. The number of benzene rings is 1. The second-order valence-electron chi connectivity index (χ2n) is 5.23. The van der Waals surface area contributed by atoms with Crippen LogP contribution in [0.1, 0.15) is 43.5 Å². The lowest BCUT2D eigenvalue weighted by molar-refractivity contribution is 0.0948. The molecule has 0 fully saturated rings. The molecule has 0 heterocycles. The molecule has 1 N–H and O–H groups in total. The Morgan fingerprint density at radius 1 is 1.33 bits per heavy atom. The summed E-state index contributed by atoms with van der Waals surface area (Å²) in [6, 6.07) is 2.98. The molecule has 0 aliphatic carbocycles. The van der Waals surface area contributed by atoms with Crippen LogP contribution in [-0.2, 0) is 9.05 Å². The maximum atomic E-state index is 13.7. The van der Waals surface area contributed by atoms with Crippen molar-refractivity contribution >= 4 is 25.6 Å². The van der Waals surface area contributed by atoms with Crippen molar-refractivity contribution in [2.45, 2.75) is 38.0 Å². The number of hydrogen-bond donors (Lipinski definition) is 1. The number of halogens is 2. The van der Waals surface area contributed by atoms with Gasteiger partial charge >= 0.3 is 0 Å². The third-order valence-corrected chi connectivity index (χ3v) is 4.31. The second kappa shape index (κ2) is 7.75. The number of carbonyl (C=O) groups excluding carboxylic acids is 1. The van der Waals surface area contributed by atoms with Crippen LogP contribution in [0.2, 0.25) is 0 Å². The highest BCUT2D eigenvalue weighted by atomic mass is 35.7. The smallest absolute Gasteiger partial charge is 0.261 e. The van der Waals surface area contributed by atoms with E-state index in [1.807, 2.05) is 0 Å². The summed E-state index contributed by atoms with van der Waals surface area (Å²) in [6.07, 6.45) is 2.88. The summed E-state index contributed by atoms with van der Waals surface area (Å²) in [6.45, 7) is 4.71. The van der Waals surface area contributed by atoms with E-state index in [1.165, 1.54) is 0 Å². The van der Waals surface area contributed by atoms with Gasteiger partial charge in [-0.2, -0.15) is 0 Å². The molecule has 1 aromatic rings. The van der Waals surface area contributed by atoms with Gasteiger partial charge in [0.2, 0.25) is 0 Å². The van der Waals surface area contributed by atoms with Gasteiger partial charge in [-0.25, -0.2) is 12.8 Å². The fraction of sp³-hybridized carbons (Fsp3) is 0.500. The van der Waals surface area contributed by atoms with Gasteiger partial charge in [0, 0.05) is 17.2 Å². The molecule has 7 heteroatoms. The number of hydrogen-bond acceptors (Lipinski definition) is 3. The molecular formula is C14H19ClFNO3S. The average molecular weight is 336 g/mol. The van der Waals surface area contributed by atoms with Gasteiger partial charge in [0.05, 0.1) is 10.5 Å². The largest absolute Gasteiger partial charge is 0.352 e. The molecule has 118 valence electrons. The normalized spacial score (nSPS) is 11.7. The van der Waals surface area contributed by atoms with Crippen LogP contribution in [0, 0.1) is 11.7 Å². The summed E-state index contributed by atoms with van der Waals surface area (Å²) in [5.41, 5.74) is -0.192. The maximum absolute atomic E-state index is 13.7. The summed E-state index contributed by atoms with van der Waals surface area (Å²) in [5, 5.41) is 2.61. The Bertz CT molecular complexity index is 602. The summed E-state index contributed by atoms with van der Waals surface area (Å²) < 4.78 is 35.9. The van der Waals surface area contributed by atoms with E-state index in [0.29, 0.717) is 12.5 Å². The molecule has 4 nitrogen and oxygen atoms in total. The van der Waals surface area contributed by atoms with Crippen LogP contribution in [0.4, 0.5) is 4.39 Å². The fourth-order valence-electron chi connectivity index (χ4n) is 1.81. The van der Waals surface area contributed by atoms with Crippen molar-refractivity contribution in [1.29, 1.82) is 0 Å². The van der Waals surface area contributed by atoms with E-state index >= 15 is 0 Å². The quantitative estimate of drug-likeness (QED) is 0.614. The first kappa shape index (κ1) is 17.9. The van der Waals surface area contributed by atoms with E-state index in [2.05, 4.69) is 19.2 Å². The predicted octanol–water partition coefficient (Wildman–Crippen LogP) is 3.31. The van der Waals surface area contributed by atoms with E-state index in [1.54, 1.807) is 0 Å². The minimum absolute atomic E-state index is 0.192. The molecule has 0 saturated heterocycles. The van der Waals surface area contributed by atoms with Crippen LogP contribution in [0.25, 0.3) is 0 Å². The molecule has 0 saturated carbocycles. The third-order valence-electron chi connectivity index (χ3n) is 2.96. The molecule has 0 spiro atoms. The molecule has 0 bridgehead atoms. The SMILES string of the molecule is CC(C)CCCCNC(=O)c1ccc(S(=O)(=O)Cl)cc1F. The van der Waals surface area contributed by atoms with Crippen LogP contribution < -0.4 is 5.32 Å². The lowest BCUT2D eigenvalue weighted by atomic mass is 10.1. The van der Waals surface area contributed by atoms with E-state index in [4.69, 9.17) is 10.7 Å². The van der Waals surface area contributed by atoms with Gasteiger partial charge in [0.25, 0.3) is 15.0 Å². The van der Waals surface area contributed by atoms with Crippen LogP contribution in [0.5, 0.6) is 0 Å². The topological polar surface area (TPSA) is 63.2 Å². The van der Waals surface area contributed by atoms with E-state index < -0.39 is 20.8 Å². The summed E-state index contributed by atoms with van der Waals surface area (Å²) >= 11 is 0. The summed E-state index contributed by atoms with van der Waals surface area (Å²) in [4.78, 5) is 11.4. The van der Waals surface area contributed by atoms with E-state index in [-0.39, 0.29) is 10.5 Å². The van der Waals surface area contributed by atoms with Crippen molar-refractivity contribution in [2.75, 3.05) is 6.54 Å². The fourth-order valence-corrected chi connectivity index (χ4v) is 2.57. The van der Waals surface area contributed by atoms with Crippen LogP contribution >= 0.6 is 10.7 Å². The Hall–Kier alpha value is -1.14. The minimum Gasteiger partial charge on any atom is -0.352 e. The van der Waals surface area contributed by atoms with Gasteiger partial charge in [-0.1, -0.05) is 26.7 Å². The Labute approximate surface area is 129 Å². The summed E-state index contributed by atoms with van der Waals surface area (Å²) in [7, 11) is 1.11. The van der Waals surface area contributed by atoms with E-state index in [0.717, 1.165) is 37.5 Å². The monoisotopic (exact) mass is 335 g/mol. The zero-order valence-corrected chi connectivity index (χ0v) is 13.6. The second-order valence-corrected chi connectivity index (χ2v) is 7.79. The van der Waals surface area contributed by atoms with Gasteiger partial charge in [-0.15, -0.1) is 0 Å². The molecule has 1 rings (SSSR count). The van der Waals surface area contributed by atoms with Crippen LogP contribution in [-0.4, -0.2) is 20.9 Å². The number of unbranched alkanes of at least 4 members (excludes halogenated alkanes) is 1. The Morgan fingerprint density at radius 3 is 2.52 bits per heavy atom. The minimum atomic E-state index is -4.00. The van der Waals surface area contributed by atoms with Gasteiger partial charge in [0.15, 0.2) is 0 Å². The molecule has 0 aromatic heterocycles. The van der Waals surface area contributed by atoms with Gasteiger partial charge < -0.3 is 5.32 Å². The molecular weight excluding hydrogens is 317 g/mol. The Balaban J connectivity index is 2.59. The van der Waals surface area contributed by atoms with Crippen LogP contribution in [0.3, 0.4) is 0 Å². The molecule has 0 unspecified atom stereocenters. The third kappa shape index (κ3) is 6.01. The number of carbonyl (C=O) groups is 1. The van der Waals surface area contributed by atoms with Crippen LogP contribution in [0.15, 0.2) is 23.1 Å². The molecule has 0 atom stereocenters. The van der Waals surface area contributed by atoms with Gasteiger partial charge in [-0.05, 0) is 30.5 Å². The lowest BCUT2D eigenvalue weighted by Crippen LogP contribution is -2.25. The first-order chi connectivity index (χ1) is 9.71. The van der Waals surface area contributed by atoms with Crippen molar-refractivity contribution < 1.29 is 17.6 Å². The van der Waals surface area contributed by atoms with E-state index in [9.17, 15) is 17.6 Å². The lowest BCUT2D eigenvalue weighted by Gasteiger charge is -2.08. The molecule has 0 aliphatic rings. The predicted molar refractivity (Wildman–Crippen MR) is 80.5 cm³/mol. The first-order valence-corrected chi connectivity index (χ1v) is 9.05. The summed E-state index contributed by atoms with van der Waals surface area (Å²) in [5.74, 6) is -0.852.